The molecule has 0 unspecified atom stereocenters. The summed E-state index contributed by atoms with van der Waals surface area (Å²) in [6, 6.07) is 0.327. The summed E-state index contributed by atoms with van der Waals surface area (Å²) in [5, 5.41) is 12.0. The van der Waals surface area contributed by atoms with Crippen LogP contribution in [0.1, 0.15) is 38.9 Å². The van der Waals surface area contributed by atoms with Crippen molar-refractivity contribution in [3.8, 4) is 0 Å². The fourth-order valence-electron chi connectivity index (χ4n) is 2.68. The molecule has 0 aromatic carbocycles. The molecule has 1 aromatic rings. The number of thioether (sulfide) groups is 1. The number of carbonyl (C=O) groups excluding carboxylic acids is 1. The number of aryl methyl sites for hydroxylation is 1. The summed E-state index contributed by atoms with van der Waals surface area (Å²) in [5.41, 5.74) is 0. The number of nitrogens with one attached hydrogen (secondary N) is 1. The van der Waals surface area contributed by atoms with E-state index >= 15 is 0 Å². The second-order valence-electron chi connectivity index (χ2n) is 5.82. The predicted molar refractivity (Wildman–Crippen MR) is 80.6 cm³/mol. The van der Waals surface area contributed by atoms with Gasteiger partial charge in [-0.25, -0.2) is 0 Å². The Balaban J connectivity index is 1.82. The van der Waals surface area contributed by atoms with Gasteiger partial charge >= 0.3 is 0 Å². The normalized spacial score (nSPS) is 26.5. The van der Waals surface area contributed by atoms with Crippen molar-refractivity contribution in [2.45, 2.75) is 51.2 Å². The quantitative estimate of drug-likeness (QED) is 0.865. The maximum Gasteiger partial charge on any atom is 0.230 e. The topological polar surface area (TPSA) is 59.8 Å². The number of rotatable bonds is 4. The van der Waals surface area contributed by atoms with Crippen molar-refractivity contribution in [3.05, 3.63) is 5.82 Å². The highest BCUT2D eigenvalue weighted by molar-refractivity contribution is 7.99. The van der Waals surface area contributed by atoms with Gasteiger partial charge in [0.2, 0.25) is 5.91 Å². The molecule has 2 rings (SSSR count). The van der Waals surface area contributed by atoms with Gasteiger partial charge < -0.3 is 9.88 Å². The lowest BCUT2D eigenvalue weighted by atomic mass is 9.78. The van der Waals surface area contributed by atoms with Gasteiger partial charge in [0.05, 0.1) is 5.75 Å². The van der Waals surface area contributed by atoms with Crippen molar-refractivity contribution in [3.63, 3.8) is 0 Å². The third-order valence-corrected chi connectivity index (χ3v) is 5.46. The molecule has 1 aliphatic carbocycles. The molecular formula is C14H24N4OS. The highest BCUT2D eigenvalue weighted by atomic mass is 32.2. The molecular weight excluding hydrogens is 272 g/mol. The van der Waals surface area contributed by atoms with E-state index in [2.05, 4.69) is 29.4 Å². The summed E-state index contributed by atoms with van der Waals surface area (Å²) >= 11 is 1.44. The van der Waals surface area contributed by atoms with Gasteiger partial charge in [-0.1, -0.05) is 38.5 Å². The lowest BCUT2D eigenvalue weighted by molar-refractivity contribution is -0.120. The van der Waals surface area contributed by atoms with Crippen LogP contribution in [0.15, 0.2) is 5.16 Å². The first kappa shape index (κ1) is 15.4. The highest BCUT2D eigenvalue weighted by Crippen LogP contribution is 2.29. The maximum atomic E-state index is 12.1. The molecule has 1 aromatic heterocycles. The van der Waals surface area contributed by atoms with Crippen molar-refractivity contribution in [1.29, 1.82) is 0 Å². The molecule has 0 aliphatic heterocycles. The van der Waals surface area contributed by atoms with Crippen LogP contribution in [-0.4, -0.2) is 32.5 Å². The Labute approximate surface area is 124 Å². The summed E-state index contributed by atoms with van der Waals surface area (Å²) < 4.78 is 1.91. The van der Waals surface area contributed by atoms with Crippen LogP contribution in [0.25, 0.3) is 0 Å². The van der Waals surface area contributed by atoms with E-state index in [-0.39, 0.29) is 5.91 Å². The molecule has 1 fully saturated rings. The smallest absolute Gasteiger partial charge is 0.230 e. The van der Waals surface area contributed by atoms with E-state index in [1.807, 2.05) is 18.5 Å². The van der Waals surface area contributed by atoms with Gasteiger partial charge in [-0.3, -0.25) is 4.79 Å². The lowest BCUT2D eigenvalue weighted by Gasteiger charge is -2.34. The van der Waals surface area contributed by atoms with Crippen LogP contribution in [0.3, 0.4) is 0 Å². The van der Waals surface area contributed by atoms with Crippen LogP contribution in [0.4, 0.5) is 0 Å². The fraction of sp³-hybridized carbons (Fsp3) is 0.786. The first-order chi connectivity index (χ1) is 9.49. The second kappa shape index (κ2) is 6.61. The molecule has 3 atom stereocenters. The molecule has 0 saturated heterocycles. The molecule has 1 heterocycles. The summed E-state index contributed by atoms with van der Waals surface area (Å²) in [7, 11) is 1.92. The molecule has 20 heavy (non-hydrogen) atoms. The standard InChI is InChI=1S/C14H24N4OS/c1-9-6-5-7-12(10(9)2)15-13(19)8-20-14-17-16-11(3)18(14)4/h9-10,12H,5-8H2,1-4H3,(H,15,19)/t9-,10+,12+/m1/s1. The minimum atomic E-state index is 0.0987. The monoisotopic (exact) mass is 296 g/mol. The highest BCUT2D eigenvalue weighted by Gasteiger charge is 2.28. The van der Waals surface area contributed by atoms with Gasteiger partial charge in [0.15, 0.2) is 5.16 Å². The van der Waals surface area contributed by atoms with Gasteiger partial charge in [0.1, 0.15) is 5.82 Å². The Hall–Kier alpha value is -1.04. The van der Waals surface area contributed by atoms with Gasteiger partial charge in [0, 0.05) is 13.1 Å². The van der Waals surface area contributed by atoms with Crippen molar-refractivity contribution in [1.82, 2.24) is 20.1 Å². The summed E-state index contributed by atoms with van der Waals surface area (Å²) in [4.78, 5) is 12.1. The van der Waals surface area contributed by atoms with E-state index in [0.29, 0.717) is 23.6 Å². The molecule has 1 N–H and O–H groups in total. The number of amides is 1. The SMILES string of the molecule is Cc1nnc(SCC(=O)N[C@H]2CCC[C@@H](C)[C@@H]2C)n1C. The Morgan fingerprint density at radius 2 is 2.15 bits per heavy atom. The Kier molecular flexibility index (Phi) is 5.07. The molecule has 112 valence electrons. The van der Waals surface area contributed by atoms with Gasteiger partial charge in [0.25, 0.3) is 0 Å². The van der Waals surface area contributed by atoms with Crippen LogP contribution in [-0.2, 0) is 11.8 Å². The first-order valence-corrected chi connectivity index (χ1v) is 8.25. The first-order valence-electron chi connectivity index (χ1n) is 7.27. The van der Waals surface area contributed by atoms with Crippen molar-refractivity contribution < 1.29 is 4.79 Å². The zero-order chi connectivity index (χ0) is 14.7. The largest absolute Gasteiger partial charge is 0.352 e. The van der Waals surface area contributed by atoms with Crippen LogP contribution in [0, 0.1) is 18.8 Å². The lowest BCUT2D eigenvalue weighted by Crippen LogP contribution is -2.44. The van der Waals surface area contributed by atoms with E-state index in [1.165, 1.54) is 24.6 Å². The van der Waals surface area contributed by atoms with E-state index in [1.54, 1.807) is 0 Å². The molecule has 1 amide bonds. The molecule has 6 heteroatoms. The average Bonchev–Trinajstić information content (AvgIpc) is 2.73. The predicted octanol–water partition coefficient (Wildman–Crippen LogP) is 2.16. The average molecular weight is 296 g/mol. The Bertz CT molecular complexity index is 474. The number of carbonyl (C=O) groups is 1. The number of nitrogens with zero attached hydrogens (tertiary/aromatic N) is 3. The molecule has 5 nitrogen and oxygen atoms in total. The van der Waals surface area contributed by atoms with Gasteiger partial charge in [-0.15, -0.1) is 10.2 Å². The van der Waals surface area contributed by atoms with Crippen molar-refractivity contribution in [2.24, 2.45) is 18.9 Å². The molecule has 1 aliphatic rings. The summed E-state index contributed by atoms with van der Waals surface area (Å²) in [6.07, 6.45) is 3.59. The van der Waals surface area contributed by atoms with Crippen molar-refractivity contribution >= 4 is 17.7 Å². The number of hydrogen-bond acceptors (Lipinski definition) is 4. The third-order valence-electron chi connectivity index (χ3n) is 4.44. The summed E-state index contributed by atoms with van der Waals surface area (Å²) in [5.74, 6) is 2.63. The summed E-state index contributed by atoms with van der Waals surface area (Å²) in [6.45, 7) is 6.43. The molecule has 0 spiro atoms. The Morgan fingerprint density at radius 1 is 1.40 bits per heavy atom. The van der Waals surface area contributed by atoms with E-state index in [0.717, 1.165) is 17.4 Å². The zero-order valence-corrected chi connectivity index (χ0v) is 13.5. The van der Waals surface area contributed by atoms with Gasteiger partial charge in [-0.05, 0) is 25.2 Å². The zero-order valence-electron chi connectivity index (χ0n) is 12.7. The van der Waals surface area contributed by atoms with E-state index in [9.17, 15) is 4.79 Å². The number of hydrogen-bond donors (Lipinski definition) is 1. The number of aromatic nitrogens is 3. The fourth-order valence-corrected chi connectivity index (χ4v) is 3.45. The van der Waals surface area contributed by atoms with Crippen LogP contribution < -0.4 is 5.32 Å². The molecule has 0 radical (unpaired) electrons. The van der Waals surface area contributed by atoms with Crippen LogP contribution in [0.5, 0.6) is 0 Å². The second-order valence-corrected chi connectivity index (χ2v) is 6.76. The minimum absolute atomic E-state index is 0.0987. The third kappa shape index (κ3) is 3.53. The van der Waals surface area contributed by atoms with Crippen LogP contribution >= 0.6 is 11.8 Å². The van der Waals surface area contributed by atoms with Crippen molar-refractivity contribution in [2.75, 3.05) is 5.75 Å². The molecule has 1 saturated carbocycles. The molecule has 0 bridgehead atoms. The van der Waals surface area contributed by atoms with E-state index < -0.39 is 0 Å². The van der Waals surface area contributed by atoms with Gasteiger partial charge in [-0.2, -0.15) is 0 Å². The van der Waals surface area contributed by atoms with E-state index in [4.69, 9.17) is 0 Å². The van der Waals surface area contributed by atoms with Crippen LogP contribution in [0.2, 0.25) is 0 Å². The minimum Gasteiger partial charge on any atom is -0.352 e. The maximum absolute atomic E-state index is 12.1. The Morgan fingerprint density at radius 3 is 2.80 bits per heavy atom.